The summed E-state index contributed by atoms with van der Waals surface area (Å²) in [5, 5.41) is 0. The molecular formula is C13H16ClN3S. The summed E-state index contributed by atoms with van der Waals surface area (Å²) in [5.74, 6) is 0. The average Bonchev–Trinajstić information content (AvgIpc) is 2.77. The van der Waals surface area contributed by atoms with E-state index in [4.69, 9.17) is 17.3 Å². The number of hydrogen-bond acceptors (Lipinski definition) is 4. The monoisotopic (exact) mass is 281 g/mol. The van der Waals surface area contributed by atoms with Crippen LogP contribution in [0.15, 0.2) is 36.5 Å². The Bertz CT molecular complexity index is 486. The van der Waals surface area contributed by atoms with Gasteiger partial charge in [0.05, 0.1) is 16.1 Å². The number of likely N-dealkylation sites (N-methyl/N-ethyl adjacent to an activating group) is 1. The zero-order chi connectivity index (χ0) is 13.0. The molecule has 2 rings (SSSR count). The maximum absolute atomic E-state index is 5.94. The van der Waals surface area contributed by atoms with Gasteiger partial charge >= 0.3 is 0 Å². The number of aromatic nitrogens is 1. The van der Waals surface area contributed by atoms with Crippen molar-refractivity contribution in [3.8, 4) is 0 Å². The first kappa shape index (κ1) is 13.5. The van der Waals surface area contributed by atoms with Crippen LogP contribution in [0.3, 0.4) is 0 Å². The zero-order valence-corrected chi connectivity index (χ0v) is 11.8. The summed E-state index contributed by atoms with van der Waals surface area (Å²) in [4.78, 5) is 7.81. The molecule has 0 aliphatic heterocycles. The molecule has 96 valence electrons. The molecule has 2 aromatic heterocycles. The molecule has 0 saturated heterocycles. The molecule has 0 bridgehead atoms. The first-order chi connectivity index (χ1) is 8.70. The highest BCUT2D eigenvalue weighted by atomic mass is 35.5. The lowest BCUT2D eigenvalue weighted by Gasteiger charge is -2.25. The summed E-state index contributed by atoms with van der Waals surface area (Å²) >= 11 is 7.54. The number of hydrogen-bond donors (Lipinski definition) is 1. The van der Waals surface area contributed by atoms with Gasteiger partial charge in [-0.15, -0.1) is 11.3 Å². The van der Waals surface area contributed by atoms with Crippen LogP contribution in [0.25, 0.3) is 0 Å². The molecule has 5 heteroatoms. The minimum Gasteiger partial charge on any atom is -0.329 e. The van der Waals surface area contributed by atoms with Gasteiger partial charge in [-0.25, -0.2) is 0 Å². The smallest absolute Gasteiger partial charge is 0.0931 e. The summed E-state index contributed by atoms with van der Waals surface area (Å²) in [6.07, 6.45) is 1.80. The van der Waals surface area contributed by atoms with Crippen molar-refractivity contribution in [2.75, 3.05) is 13.6 Å². The summed E-state index contributed by atoms with van der Waals surface area (Å²) in [6.45, 7) is 1.38. The molecule has 0 aromatic carbocycles. The van der Waals surface area contributed by atoms with E-state index in [1.54, 1.807) is 17.5 Å². The van der Waals surface area contributed by atoms with Crippen molar-refractivity contribution in [1.29, 1.82) is 0 Å². The van der Waals surface area contributed by atoms with Gasteiger partial charge in [-0.1, -0.05) is 17.7 Å². The number of rotatable bonds is 5. The molecule has 0 radical (unpaired) electrons. The zero-order valence-electron chi connectivity index (χ0n) is 10.2. The molecule has 0 saturated carbocycles. The van der Waals surface area contributed by atoms with Crippen LogP contribution in [0.4, 0.5) is 0 Å². The summed E-state index contributed by atoms with van der Waals surface area (Å²) in [7, 11) is 2.06. The minimum atomic E-state index is 0.132. The van der Waals surface area contributed by atoms with Crippen molar-refractivity contribution in [2.24, 2.45) is 5.73 Å². The Kier molecular flexibility index (Phi) is 4.72. The molecule has 0 aliphatic carbocycles. The number of nitrogens with zero attached hydrogens (tertiary/aromatic N) is 2. The molecular weight excluding hydrogens is 266 g/mol. The van der Waals surface area contributed by atoms with Crippen LogP contribution in [-0.2, 0) is 6.54 Å². The highest BCUT2D eigenvalue weighted by molar-refractivity contribution is 7.16. The van der Waals surface area contributed by atoms with Gasteiger partial charge in [-0.3, -0.25) is 9.88 Å². The molecule has 2 aromatic rings. The van der Waals surface area contributed by atoms with E-state index in [-0.39, 0.29) is 6.04 Å². The second-order valence-corrected chi connectivity index (χ2v) is 5.93. The van der Waals surface area contributed by atoms with Crippen LogP contribution in [-0.4, -0.2) is 23.5 Å². The van der Waals surface area contributed by atoms with E-state index in [2.05, 4.69) is 23.0 Å². The van der Waals surface area contributed by atoms with Crippen LogP contribution in [0, 0.1) is 0 Å². The van der Waals surface area contributed by atoms with Crippen molar-refractivity contribution in [2.45, 2.75) is 12.6 Å². The Hall–Kier alpha value is -0.940. The maximum Gasteiger partial charge on any atom is 0.0931 e. The van der Waals surface area contributed by atoms with E-state index in [0.29, 0.717) is 6.54 Å². The van der Waals surface area contributed by atoms with Gasteiger partial charge in [0, 0.05) is 24.2 Å². The van der Waals surface area contributed by atoms with E-state index >= 15 is 0 Å². The van der Waals surface area contributed by atoms with Crippen molar-refractivity contribution in [3.05, 3.63) is 51.4 Å². The van der Waals surface area contributed by atoms with E-state index in [9.17, 15) is 0 Å². The molecule has 2 heterocycles. The number of nitrogens with two attached hydrogens (primary N) is 1. The predicted octanol–water partition coefficient (Wildman–Crippen LogP) is 2.93. The molecule has 0 aliphatic rings. The summed E-state index contributed by atoms with van der Waals surface area (Å²) in [6, 6.07) is 10.0. The standard InChI is InChI=1S/C13H16ClN3S/c1-17(9-10-5-6-13(14)18-10)12(8-15)11-4-2-3-7-16-11/h2-7,12H,8-9,15H2,1H3. The fourth-order valence-corrected chi connectivity index (χ4v) is 3.04. The number of pyridine rings is 1. The van der Waals surface area contributed by atoms with Crippen molar-refractivity contribution >= 4 is 22.9 Å². The van der Waals surface area contributed by atoms with Gasteiger partial charge < -0.3 is 5.73 Å². The van der Waals surface area contributed by atoms with Gasteiger partial charge in [-0.05, 0) is 31.3 Å². The van der Waals surface area contributed by atoms with Crippen LogP contribution in [0.1, 0.15) is 16.6 Å². The van der Waals surface area contributed by atoms with Crippen LogP contribution >= 0.6 is 22.9 Å². The lowest BCUT2D eigenvalue weighted by Crippen LogP contribution is -2.30. The van der Waals surface area contributed by atoms with E-state index < -0.39 is 0 Å². The second kappa shape index (κ2) is 6.29. The number of thiophene rings is 1. The van der Waals surface area contributed by atoms with Crippen LogP contribution in [0.2, 0.25) is 4.34 Å². The maximum atomic E-state index is 5.94. The lowest BCUT2D eigenvalue weighted by molar-refractivity contribution is 0.239. The molecule has 0 fully saturated rings. The molecule has 18 heavy (non-hydrogen) atoms. The van der Waals surface area contributed by atoms with Gasteiger partial charge in [0.25, 0.3) is 0 Å². The fourth-order valence-electron chi connectivity index (χ4n) is 1.89. The predicted molar refractivity (Wildman–Crippen MR) is 76.8 cm³/mol. The van der Waals surface area contributed by atoms with Gasteiger partial charge in [0.2, 0.25) is 0 Å². The molecule has 2 N–H and O–H groups in total. The first-order valence-electron chi connectivity index (χ1n) is 5.76. The Balaban J connectivity index is 2.08. The minimum absolute atomic E-state index is 0.132. The third kappa shape index (κ3) is 3.29. The topological polar surface area (TPSA) is 42.1 Å². The van der Waals surface area contributed by atoms with E-state index in [0.717, 1.165) is 16.6 Å². The Morgan fingerprint density at radius 2 is 2.22 bits per heavy atom. The third-order valence-electron chi connectivity index (χ3n) is 2.82. The molecule has 0 amide bonds. The molecule has 1 unspecified atom stereocenters. The van der Waals surface area contributed by atoms with E-state index in [1.807, 2.05) is 24.3 Å². The van der Waals surface area contributed by atoms with Gasteiger partial charge in [-0.2, -0.15) is 0 Å². The lowest BCUT2D eigenvalue weighted by atomic mass is 10.1. The van der Waals surface area contributed by atoms with Gasteiger partial charge in [0.15, 0.2) is 0 Å². The Morgan fingerprint density at radius 3 is 2.78 bits per heavy atom. The summed E-state index contributed by atoms with van der Waals surface area (Å²) in [5.41, 5.74) is 6.87. The van der Waals surface area contributed by atoms with Crippen LogP contribution in [0.5, 0.6) is 0 Å². The van der Waals surface area contributed by atoms with Crippen molar-refractivity contribution in [3.63, 3.8) is 0 Å². The summed E-state index contributed by atoms with van der Waals surface area (Å²) < 4.78 is 0.820. The quantitative estimate of drug-likeness (QED) is 0.916. The largest absolute Gasteiger partial charge is 0.329 e. The van der Waals surface area contributed by atoms with E-state index in [1.165, 1.54) is 4.88 Å². The Morgan fingerprint density at radius 1 is 1.39 bits per heavy atom. The number of halogens is 1. The van der Waals surface area contributed by atoms with Crippen molar-refractivity contribution in [1.82, 2.24) is 9.88 Å². The molecule has 3 nitrogen and oxygen atoms in total. The van der Waals surface area contributed by atoms with Crippen LogP contribution < -0.4 is 5.73 Å². The van der Waals surface area contributed by atoms with Gasteiger partial charge in [0.1, 0.15) is 0 Å². The fraction of sp³-hybridized carbons (Fsp3) is 0.308. The van der Waals surface area contributed by atoms with Crippen molar-refractivity contribution < 1.29 is 0 Å². The molecule has 0 spiro atoms. The highest BCUT2D eigenvalue weighted by Gasteiger charge is 2.17. The molecule has 1 atom stereocenters. The Labute approximate surface area is 116 Å². The normalized spacial score (nSPS) is 12.9. The second-order valence-electron chi connectivity index (χ2n) is 4.13. The average molecular weight is 282 g/mol. The third-order valence-corrected chi connectivity index (χ3v) is 4.03. The first-order valence-corrected chi connectivity index (χ1v) is 6.95. The highest BCUT2D eigenvalue weighted by Crippen LogP contribution is 2.25. The SMILES string of the molecule is CN(Cc1ccc(Cl)s1)C(CN)c1ccccn1.